The van der Waals surface area contributed by atoms with Crippen LogP contribution in [0.4, 0.5) is 0 Å². The van der Waals surface area contributed by atoms with Gasteiger partial charge in [-0.2, -0.15) is 0 Å². The number of phenolic OH excluding ortho intramolecular Hbond substituents is 3. The molecule has 0 saturated heterocycles. The van der Waals surface area contributed by atoms with Gasteiger partial charge in [0.2, 0.25) is 0 Å². The monoisotopic (exact) mass is 404 g/mol. The quantitative estimate of drug-likeness (QED) is 0.333. The highest BCUT2D eigenvalue weighted by molar-refractivity contribution is 5.87. The van der Waals surface area contributed by atoms with Crippen molar-refractivity contribution in [2.75, 3.05) is 0 Å². The predicted molar refractivity (Wildman–Crippen MR) is 118 cm³/mol. The Bertz CT molecular complexity index is 839. The molecular weight excluding hydrogens is 380 g/mol. The third kappa shape index (κ3) is 12.2. The maximum Gasteiger partial charge on any atom is 0.335 e. The Balaban J connectivity index is 0.000000201. The van der Waals surface area contributed by atoms with Crippen molar-refractivity contribution in [3.63, 3.8) is 0 Å². The van der Waals surface area contributed by atoms with Crippen LogP contribution in [0.1, 0.15) is 10.4 Å². The highest BCUT2D eigenvalue weighted by Crippen LogP contribution is 2.04. The fourth-order valence-electron chi connectivity index (χ4n) is 1.86. The Kier molecular flexibility index (Phi) is 11.7. The summed E-state index contributed by atoms with van der Waals surface area (Å²) in [4.78, 5) is 10.2. The molecule has 0 radical (unpaired) electrons. The van der Waals surface area contributed by atoms with Gasteiger partial charge in [0.25, 0.3) is 0 Å². The first-order valence-corrected chi connectivity index (χ1v) is 8.99. The second-order valence-electron chi connectivity index (χ2n) is 5.68. The lowest BCUT2D eigenvalue weighted by atomic mass is 10.2. The van der Waals surface area contributed by atoms with E-state index in [1.807, 2.05) is 18.2 Å². The molecule has 0 spiro atoms. The summed E-state index contributed by atoms with van der Waals surface area (Å²) in [6.07, 6.45) is 0. The number of aromatic hydroxyl groups is 3. The molecule has 5 nitrogen and oxygen atoms in total. The zero-order chi connectivity index (χ0) is 22.0. The van der Waals surface area contributed by atoms with Crippen molar-refractivity contribution >= 4 is 5.97 Å². The Morgan fingerprint density at radius 2 is 0.667 bits per heavy atom. The van der Waals surface area contributed by atoms with Crippen molar-refractivity contribution in [1.29, 1.82) is 0 Å². The molecule has 0 aliphatic rings. The van der Waals surface area contributed by atoms with Crippen LogP contribution in [-0.4, -0.2) is 26.4 Å². The van der Waals surface area contributed by atoms with Crippen molar-refractivity contribution in [3.05, 3.63) is 127 Å². The summed E-state index contributed by atoms with van der Waals surface area (Å²) in [5.74, 6) is 0.0862. The van der Waals surface area contributed by atoms with E-state index in [0.717, 1.165) is 0 Å². The Morgan fingerprint density at radius 3 is 0.800 bits per heavy atom. The van der Waals surface area contributed by atoms with Gasteiger partial charge in [-0.1, -0.05) is 72.8 Å². The van der Waals surface area contributed by atoms with Crippen LogP contribution in [0.3, 0.4) is 0 Å². The van der Waals surface area contributed by atoms with Crippen LogP contribution in [0, 0.1) is 0 Å². The van der Waals surface area contributed by atoms with E-state index in [9.17, 15) is 4.79 Å². The van der Waals surface area contributed by atoms with Crippen LogP contribution in [0.15, 0.2) is 121 Å². The fraction of sp³-hybridized carbons (Fsp3) is 0. The molecule has 0 atom stereocenters. The Hall–Kier alpha value is -4.25. The van der Waals surface area contributed by atoms with Crippen molar-refractivity contribution in [2.24, 2.45) is 0 Å². The first-order valence-electron chi connectivity index (χ1n) is 8.99. The smallest absolute Gasteiger partial charge is 0.335 e. The van der Waals surface area contributed by atoms with E-state index >= 15 is 0 Å². The molecule has 0 bridgehead atoms. The topological polar surface area (TPSA) is 98.0 Å². The normalized spacial score (nSPS) is 8.67. The molecule has 4 rings (SSSR count). The van der Waals surface area contributed by atoms with Gasteiger partial charge in [-0.05, 0) is 48.5 Å². The zero-order valence-electron chi connectivity index (χ0n) is 16.2. The summed E-state index contributed by atoms with van der Waals surface area (Å²) < 4.78 is 0. The van der Waals surface area contributed by atoms with Crippen LogP contribution in [0.5, 0.6) is 17.2 Å². The average molecular weight is 404 g/mol. The minimum atomic E-state index is -0.879. The van der Waals surface area contributed by atoms with Crippen LogP contribution in [-0.2, 0) is 0 Å². The van der Waals surface area contributed by atoms with E-state index in [0.29, 0.717) is 22.8 Å². The number of hydrogen-bond acceptors (Lipinski definition) is 4. The molecule has 4 aromatic rings. The van der Waals surface area contributed by atoms with Crippen LogP contribution in [0.25, 0.3) is 0 Å². The molecule has 0 fully saturated rings. The third-order valence-corrected chi connectivity index (χ3v) is 3.29. The standard InChI is InChI=1S/C7H6O2.3C6H6O/c8-7(9)6-4-2-1-3-5-6;3*7-6-4-2-1-3-5-6/h1-5H,(H,8,9);3*1-5,7H. The van der Waals surface area contributed by atoms with E-state index in [2.05, 4.69) is 0 Å². The summed E-state index contributed by atoms with van der Waals surface area (Å²) >= 11 is 0. The molecule has 0 heterocycles. The first kappa shape index (κ1) is 23.8. The molecule has 4 aromatic carbocycles. The van der Waals surface area contributed by atoms with Gasteiger partial charge in [-0.15, -0.1) is 0 Å². The van der Waals surface area contributed by atoms with Crippen molar-refractivity contribution in [1.82, 2.24) is 0 Å². The van der Waals surface area contributed by atoms with Crippen molar-refractivity contribution in [2.45, 2.75) is 0 Å². The minimum Gasteiger partial charge on any atom is -0.508 e. The van der Waals surface area contributed by atoms with E-state index in [4.69, 9.17) is 20.4 Å². The summed E-state index contributed by atoms with van der Waals surface area (Å²) in [6, 6.07) is 34.4. The molecule has 0 amide bonds. The summed E-state index contributed by atoms with van der Waals surface area (Å²) in [5.41, 5.74) is 0.331. The van der Waals surface area contributed by atoms with Gasteiger partial charge in [0, 0.05) is 0 Å². The van der Waals surface area contributed by atoms with Gasteiger partial charge in [-0.3, -0.25) is 0 Å². The number of hydrogen-bond donors (Lipinski definition) is 4. The molecule has 0 unspecified atom stereocenters. The summed E-state index contributed by atoms with van der Waals surface area (Å²) in [5, 5.41) is 34.3. The molecule has 4 N–H and O–H groups in total. The summed E-state index contributed by atoms with van der Waals surface area (Å²) in [7, 11) is 0. The van der Waals surface area contributed by atoms with Gasteiger partial charge >= 0.3 is 5.97 Å². The first-order chi connectivity index (χ1) is 14.5. The number of benzene rings is 4. The number of para-hydroxylation sites is 3. The third-order valence-electron chi connectivity index (χ3n) is 3.29. The molecular formula is C25H24O5. The highest BCUT2D eigenvalue weighted by atomic mass is 16.4. The number of rotatable bonds is 1. The fourth-order valence-corrected chi connectivity index (χ4v) is 1.86. The van der Waals surface area contributed by atoms with Crippen LogP contribution >= 0.6 is 0 Å². The van der Waals surface area contributed by atoms with E-state index in [-0.39, 0.29) is 0 Å². The van der Waals surface area contributed by atoms with E-state index in [1.54, 1.807) is 103 Å². The molecule has 5 heteroatoms. The van der Waals surface area contributed by atoms with E-state index < -0.39 is 5.97 Å². The largest absolute Gasteiger partial charge is 0.508 e. The second kappa shape index (κ2) is 14.8. The SMILES string of the molecule is O=C(O)c1ccccc1.Oc1ccccc1.Oc1ccccc1.Oc1ccccc1. The zero-order valence-corrected chi connectivity index (χ0v) is 16.2. The minimum absolute atomic E-state index is 0.322. The van der Waals surface area contributed by atoms with Gasteiger partial charge in [0.05, 0.1) is 5.56 Å². The van der Waals surface area contributed by atoms with E-state index in [1.165, 1.54) is 0 Å². The molecule has 0 aliphatic heterocycles. The number of phenols is 3. The molecule has 0 saturated carbocycles. The van der Waals surface area contributed by atoms with Gasteiger partial charge in [0.15, 0.2) is 0 Å². The van der Waals surface area contributed by atoms with Crippen LogP contribution in [0.2, 0.25) is 0 Å². The highest BCUT2D eigenvalue weighted by Gasteiger charge is 1.96. The van der Waals surface area contributed by atoms with Crippen molar-refractivity contribution in [3.8, 4) is 17.2 Å². The Morgan fingerprint density at radius 1 is 0.433 bits per heavy atom. The lowest BCUT2D eigenvalue weighted by molar-refractivity contribution is 0.0697. The average Bonchev–Trinajstić information content (AvgIpc) is 2.77. The molecule has 0 aromatic heterocycles. The maximum absolute atomic E-state index is 10.2. The van der Waals surface area contributed by atoms with Crippen molar-refractivity contribution < 1.29 is 25.2 Å². The second-order valence-corrected chi connectivity index (χ2v) is 5.68. The van der Waals surface area contributed by atoms with Gasteiger partial charge < -0.3 is 20.4 Å². The number of aromatic carboxylic acids is 1. The van der Waals surface area contributed by atoms with Gasteiger partial charge in [0.1, 0.15) is 17.2 Å². The summed E-state index contributed by atoms with van der Waals surface area (Å²) in [6.45, 7) is 0. The number of carboxylic acid groups (broad SMARTS) is 1. The Labute approximate surface area is 175 Å². The lowest BCUT2D eigenvalue weighted by Gasteiger charge is -1.88. The molecule has 0 aliphatic carbocycles. The lowest BCUT2D eigenvalue weighted by Crippen LogP contribution is -1.93. The predicted octanol–water partition coefficient (Wildman–Crippen LogP) is 5.56. The van der Waals surface area contributed by atoms with Gasteiger partial charge in [-0.25, -0.2) is 4.79 Å². The number of carbonyl (C=O) groups is 1. The number of carboxylic acids is 1. The molecule has 154 valence electrons. The van der Waals surface area contributed by atoms with Crippen LogP contribution < -0.4 is 0 Å². The maximum atomic E-state index is 10.2. The molecule has 30 heavy (non-hydrogen) atoms.